The first kappa shape index (κ1) is 26.6. The summed E-state index contributed by atoms with van der Waals surface area (Å²) in [6.45, 7) is 4.40. The number of carboxylic acids is 1. The van der Waals surface area contributed by atoms with Gasteiger partial charge >= 0.3 is 11.9 Å². The van der Waals surface area contributed by atoms with Gasteiger partial charge in [-0.05, 0) is 44.5 Å². The molecule has 9 nitrogen and oxygen atoms in total. The first-order valence-electron chi connectivity index (χ1n) is 11.4. The smallest absolute Gasteiger partial charge is 0.343 e. The van der Waals surface area contributed by atoms with Gasteiger partial charge in [-0.1, -0.05) is 25.8 Å². The van der Waals surface area contributed by atoms with Crippen molar-refractivity contribution in [3.05, 3.63) is 65.1 Å². The van der Waals surface area contributed by atoms with Crippen LogP contribution in [0.1, 0.15) is 54.9 Å². The van der Waals surface area contributed by atoms with E-state index in [9.17, 15) is 28.3 Å². The quantitative estimate of drug-likeness (QED) is 0.302. The van der Waals surface area contributed by atoms with Crippen molar-refractivity contribution >= 4 is 23.5 Å². The lowest BCUT2D eigenvalue weighted by atomic mass is 9.92. The number of unbranched alkanes of at least 4 members (excludes halogenated alkanes) is 1. The second-order valence-electron chi connectivity index (χ2n) is 8.09. The molecule has 0 aliphatic carbocycles. The molecule has 1 atom stereocenters. The molecule has 36 heavy (non-hydrogen) atoms. The number of aryl methyl sites for hydroxylation is 1. The normalized spacial score (nSPS) is 12.7. The van der Waals surface area contributed by atoms with E-state index in [-0.39, 0.29) is 41.4 Å². The molecule has 1 aromatic carbocycles. The Morgan fingerprint density at radius 3 is 2.44 bits per heavy atom. The molecule has 3 aromatic rings. The number of nitrogens with one attached hydrogen (secondary N) is 1. The number of carbonyl (C=O) groups is 3. The molecule has 1 unspecified atom stereocenters. The number of amides is 1. The van der Waals surface area contributed by atoms with Crippen molar-refractivity contribution in [2.75, 3.05) is 6.61 Å². The molecule has 1 amide bonds. The van der Waals surface area contributed by atoms with Gasteiger partial charge in [0.25, 0.3) is 5.91 Å². The molecule has 0 radical (unpaired) electrons. The van der Waals surface area contributed by atoms with Gasteiger partial charge in [0, 0.05) is 6.20 Å². The summed E-state index contributed by atoms with van der Waals surface area (Å²) in [5, 5.41) is 12.3. The number of hydrogen-bond acceptors (Lipinski definition) is 6. The van der Waals surface area contributed by atoms with E-state index < -0.39 is 41.6 Å². The van der Waals surface area contributed by atoms with Crippen LogP contribution in [-0.2, 0) is 20.9 Å². The van der Waals surface area contributed by atoms with E-state index in [1.807, 2.05) is 6.92 Å². The maximum Gasteiger partial charge on any atom is 0.343 e. The van der Waals surface area contributed by atoms with Gasteiger partial charge in [0.15, 0.2) is 11.4 Å². The molecule has 2 heterocycles. The van der Waals surface area contributed by atoms with Crippen molar-refractivity contribution in [3.8, 4) is 5.75 Å². The van der Waals surface area contributed by atoms with E-state index >= 15 is 0 Å². The van der Waals surface area contributed by atoms with Crippen molar-refractivity contribution in [1.29, 1.82) is 0 Å². The number of fused-ring (bicyclic) bond motifs is 1. The number of ether oxygens (including phenoxy) is 2. The molecule has 0 fully saturated rings. The van der Waals surface area contributed by atoms with Crippen LogP contribution in [0.2, 0.25) is 0 Å². The van der Waals surface area contributed by atoms with Gasteiger partial charge in [-0.3, -0.25) is 9.20 Å². The van der Waals surface area contributed by atoms with Gasteiger partial charge in [-0.25, -0.2) is 23.4 Å². The van der Waals surface area contributed by atoms with E-state index in [1.54, 1.807) is 0 Å². The van der Waals surface area contributed by atoms with Gasteiger partial charge in [-0.2, -0.15) is 0 Å². The summed E-state index contributed by atoms with van der Waals surface area (Å²) in [7, 11) is 0. The SMILES string of the molecule is CCCCC(NC(=O)c1c(C)nc2c(OCc3c(F)cccc3F)cccn12)(C(=O)O)C(=O)OCC. The van der Waals surface area contributed by atoms with E-state index in [4.69, 9.17) is 9.47 Å². The van der Waals surface area contributed by atoms with Crippen LogP contribution in [-0.4, -0.2) is 44.5 Å². The van der Waals surface area contributed by atoms with Crippen LogP contribution in [0.15, 0.2) is 36.5 Å². The number of rotatable bonds is 11. The topological polar surface area (TPSA) is 119 Å². The number of aromatic nitrogens is 2. The standard InChI is InChI=1S/C25H27F2N3O6/c1-4-6-12-25(23(32)33,24(34)35-5-2)29-22(31)20-15(3)28-21-19(11-8-13-30(20)21)36-14-16-17(26)9-7-10-18(16)27/h7-11,13H,4-6,12,14H2,1-3H3,(H,29,31)(H,32,33). The highest BCUT2D eigenvalue weighted by molar-refractivity contribution is 6.09. The van der Waals surface area contributed by atoms with Crippen molar-refractivity contribution in [1.82, 2.24) is 14.7 Å². The van der Waals surface area contributed by atoms with Crippen molar-refractivity contribution in [3.63, 3.8) is 0 Å². The monoisotopic (exact) mass is 503 g/mol. The number of nitrogens with zero attached hydrogens (tertiary/aromatic N) is 2. The first-order chi connectivity index (χ1) is 17.2. The Balaban J connectivity index is 1.97. The van der Waals surface area contributed by atoms with E-state index in [0.717, 1.165) is 12.1 Å². The molecule has 0 saturated carbocycles. The lowest BCUT2D eigenvalue weighted by Gasteiger charge is -2.28. The molecule has 0 saturated heterocycles. The molecular weight excluding hydrogens is 476 g/mol. The number of pyridine rings is 1. The lowest BCUT2D eigenvalue weighted by molar-refractivity contribution is -0.162. The van der Waals surface area contributed by atoms with Crippen LogP contribution < -0.4 is 10.1 Å². The Hall–Kier alpha value is -4.02. The summed E-state index contributed by atoms with van der Waals surface area (Å²) in [4.78, 5) is 42.5. The molecule has 0 aliphatic rings. The van der Waals surface area contributed by atoms with Gasteiger partial charge in [0.1, 0.15) is 23.9 Å². The third kappa shape index (κ3) is 5.14. The van der Waals surface area contributed by atoms with Gasteiger partial charge in [0.05, 0.1) is 17.9 Å². The highest BCUT2D eigenvalue weighted by atomic mass is 19.1. The Kier molecular flexibility index (Phi) is 8.23. The highest BCUT2D eigenvalue weighted by Crippen LogP contribution is 2.25. The average Bonchev–Trinajstić information content (AvgIpc) is 3.17. The minimum atomic E-state index is -2.28. The van der Waals surface area contributed by atoms with Crippen LogP contribution in [0.4, 0.5) is 8.78 Å². The largest absolute Gasteiger partial charge is 0.485 e. The number of carboxylic acid groups (broad SMARTS) is 1. The predicted molar refractivity (Wildman–Crippen MR) is 125 cm³/mol. The van der Waals surface area contributed by atoms with Crippen molar-refractivity contribution in [2.24, 2.45) is 0 Å². The van der Waals surface area contributed by atoms with Crippen molar-refractivity contribution < 1.29 is 37.7 Å². The second kappa shape index (κ2) is 11.1. The Morgan fingerprint density at radius 2 is 1.83 bits per heavy atom. The number of halogens is 2. The Labute approximate surface area is 206 Å². The minimum Gasteiger partial charge on any atom is -0.485 e. The summed E-state index contributed by atoms with van der Waals surface area (Å²) in [5.41, 5.74) is -2.19. The fourth-order valence-corrected chi connectivity index (χ4v) is 3.77. The van der Waals surface area contributed by atoms with Gasteiger partial charge in [-0.15, -0.1) is 0 Å². The third-order valence-electron chi connectivity index (χ3n) is 5.66. The molecule has 2 aromatic heterocycles. The molecule has 11 heteroatoms. The van der Waals surface area contributed by atoms with E-state index in [0.29, 0.717) is 12.8 Å². The highest BCUT2D eigenvalue weighted by Gasteiger charge is 2.49. The minimum absolute atomic E-state index is 0.0288. The Bertz CT molecular complexity index is 1270. The summed E-state index contributed by atoms with van der Waals surface area (Å²) in [6.07, 6.45) is 2.27. The zero-order valence-corrected chi connectivity index (χ0v) is 20.1. The fourth-order valence-electron chi connectivity index (χ4n) is 3.77. The molecule has 3 rings (SSSR count). The molecule has 0 bridgehead atoms. The average molecular weight is 504 g/mol. The summed E-state index contributed by atoms with van der Waals surface area (Å²) >= 11 is 0. The second-order valence-corrected chi connectivity index (χ2v) is 8.09. The molecule has 192 valence electrons. The zero-order chi connectivity index (χ0) is 26.5. The van der Waals surface area contributed by atoms with E-state index in [1.165, 1.54) is 42.6 Å². The number of carbonyl (C=O) groups excluding carboxylic acids is 2. The lowest BCUT2D eigenvalue weighted by Crippen LogP contribution is -2.61. The number of aliphatic carboxylic acids is 1. The van der Waals surface area contributed by atoms with Crippen LogP contribution in [0.25, 0.3) is 5.65 Å². The zero-order valence-electron chi connectivity index (χ0n) is 20.1. The predicted octanol–water partition coefficient (Wildman–Crippen LogP) is 3.81. The summed E-state index contributed by atoms with van der Waals surface area (Å²) < 4.78 is 39.9. The molecule has 0 spiro atoms. The summed E-state index contributed by atoms with van der Waals surface area (Å²) in [5.74, 6) is -4.85. The van der Waals surface area contributed by atoms with Crippen LogP contribution >= 0.6 is 0 Å². The van der Waals surface area contributed by atoms with Gasteiger partial charge < -0.3 is 19.9 Å². The third-order valence-corrected chi connectivity index (χ3v) is 5.66. The van der Waals surface area contributed by atoms with Crippen LogP contribution in [0.3, 0.4) is 0 Å². The van der Waals surface area contributed by atoms with Crippen molar-refractivity contribution in [2.45, 2.75) is 52.2 Å². The number of esters is 1. The molecular formula is C25H27F2N3O6. The van der Waals surface area contributed by atoms with E-state index in [2.05, 4.69) is 10.3 Å². The number of benzene rings is 1. The van der Waals surface area contributed by atoms with Crippen LogP contribution in [0.5, 0.6) is 5.75 Å². The number of imidazole rings is 1. The summed E-state index contributed by atoms with van der Waals surface area (Å²) in [6, 6.07) is 6.52. The fraction of sp³-hybridized carbons (Fsp3) is 0.360. The first-order valence-corrected chi connectivity index (χ1v) is 11.4. The molecule has 2 N–H and O–H groups in total. The Morgan fingerprint density at radius 1 is 1.14 bits per heavy atom. The molecule has 0 aliphatic heterocycles. The number of hydrogen-bond donors (Lipinski definition) is 2. The maximum atomic E-state index is 14.0. The van der Waals surface area contributed by atoms with Gasteiger partial charge in [0.2, 0.25) is 5.54 Å². The van der Waals surface area contributed by atoms with Crippen LogP contribution in [0, 0.1) is 18.6 Å². The maximum absolute atomic E-state index is 14.0.